The molecule has 1 atom stereocenters. The molecule has 0 radical (unpaired) electrons. The van der Waals surface area contributed by atoms with E-state index in [2.05, 4.69) is 45.1 Å². The van der Waals surface area contributed by atoms with Crippen LogP contribution in [-0.2, 0) is 13.6 Å². The summed E-state index contributed by atoms with van der Waals surface area (Å²) < 4.78 is 3.17. The Hall–Kier alpha value is -0.390. The molecule has 1 aliphatic rings. The van der Waals surface area contributed by atoms with Crippen molar-refractivity contribution in [3.63, 3.8) is 0 Å². The number of nitrogens with one attached hydrogen (secondary N) is 1. The number of hydrogen-bond acceptors (Lipinski definition) is 3. The number of nitrogens with zero attached hydrogens (tertiary/aromatic N) is 3. The summed E-state index contributed by atoms with van der Waals surface area (Å²) in [4.78, 5) is 2.56. The minimum absolute atomic E-state index is 0.656. The molecular formula is C15H27BrN4. The average molecular weight is 343 g/mol. The van der Waals surface area contributed by atoms with E-state index < -0.39 is 0 Å². The van der Waals surface area contributed by atoms with Crippen LogP contribution < -0.4 is 5.32 Å². The molecule has 0 aromatic carbocycles. The standard InChI is InChI=1S/C15H27BrN4/c1-4-9-20(10-13-7-5-6-8-17-13)11-14-15(16)12(2)18-19(14)3/h13,17H,4-11H2,1-3H3. The lowest BCUT2D eigenvalue weighted by Crippen LogP contribution is -2.43. The van der Waals surface area contributed by atoms with Crippen LogP contribution in [-0.4, -0.2) is 40.4 Å². The van der Waals surface area contributed by atoms with Gasteiger partial charge in [0.25, 0.3) is 0 Å². The average Bonchev–Trinajstić information content (AvgIpc) is 2.67. The van der Waals surface area contributed by atoms with Gasteiger partial charge in [-0.15, -0.1) is 0 Å². The van der Waals surface area contributed by atoms with Crippen molar-refractivity contribution in [2.45, 2.75) is 52.1 Å². The van der Waals surface area contributed by atoms with Gasteiger partial charge >= 0.3 is 0 Å². The van der Waals surface area contributed by atoms with Crippen LogP contribution in [0.5, 0.6) is 0 Å². The minimum Gasteiger partial charge on any atom is -0.313 e. The SMILES string of the molecule is CCCN(Cc1c(Br)c(C)nn1C)CC1CCCCN1. The maximum Gasteiger partial charge on any atom is 0.0739 e. The van der Waals surface area contributed by atoms with Gasteiger partial charge in [0.05, 0.1) is 15.9 Å². The van der Waals surface area contributed by atoms with Gasteiger partial charge in [0.15, 0.2) is 0 Å². The lowest BCUT2D eigenvalue weighted by atomic mass is 10.0. The second-order valence-corrected chi connectivity index (χ2v) is 6.64. The summed E-state index contributed by atoms with van der Waals surface area (Å²) in [7, 11) is 2.04. The van der Waals surface area contributed by atoms with Crippen LogP contribution in [0.25, 0.3) is 0 Å². The van der Waals surface area contributed by atoms with Gasteiger partial charge in [-0.2, -0.15) is 5.10 Å². The molecule has 0 saturated carbocycles. The molecule has 2 rings (SSSR count). The molecule has 1 N–H and O–H groups in total. The zero-order valence-corrected chi connectivity index (χ0v) is 14.5. The van der Waals surface area contributed by atoms with E-state index in [9.17, 15) is 0 Å². The molecule has 0 amide bonds. The highest BCUT2D eigenvalue weighted by molar-refractivity contribution is 9.10. The van der Waals surface area contributed by atoms with E-state index in [1.165, 1.54) is 37.9 Å². The Kier molecular flexibility index (Phi) is 6.05. The molecule has 0 bridgehead atoms. The summed E-state index contributed by atoms with van der Waals surface area (Å²) in [5.41, 5.74) is 2.36. The number of aromatic nitrogens is 2. The zero-order chi connectivity index (χ0) is 14.5. The predicted molar refractivity (Wildman–Crippen MR) is 86.9 cm³/mol. The Labute approximate surface area is 131 Å². The maximum atomic E-state index is 4.50. The summed E-state index contributed by atoms with van der Waals surface area (Å²) in [5.74, 6) is 0. The zero-order valence-electron chi connectivity index (χ0n) is 13.0. The molecule has 0 aliphatic carbocycles. The van der Waals surface area contributed by atoms with Crippen LogP contribution in [0.15, 0.2) is 4.47 Å². The van der Waals surface area contributed by atoms with Gasteiger partial charge < -0.3 is 5.32 Å². The highest BCUT2D eigenvalue weighted by Crippen LogP contribution is 2.22. The summed E-state index contributed by atoms with van der Waals surface area (Å²) in [6.45, 7) is 8.76. The highest BCUT2D eigenvalue weighted by atomic mass is 79.9. The van der Waals surface area contributed by atoms with Gasteiger partial charge in [-0.3, -0.25) is 9.58 Å². The second-order valence-electron chi connectivity index (χ2n) is 5.85. The Morgan fingerprint density at radius 1 is 1.45 bits per heavy atom. The van der Waals surface area contributed by atoms with Crippen molar-refractivity contribution < 1.29 is 0 Å². The van der Waals surface area contributed by atoms with E-state index in [1.807, 2.05) is 11.7 Å². The van der Waals surface area contributed by atoms with Gasteiger partial charge in [0.1, 0.15) is 0 Å². The fourth-order valence-corrected chi connectivity index (χ4v) is 3.47. The Morgan fingerprint density at radius 3 is 2.80 bits per heavy atom. The van der Waals surface area contributed by atoms with Crippen LogP contribution in [0.2, 0.25) is 0 Å². The number of halogens is 1. The van der Waals surface area contributed by atoms with E-state index in [1.54, 1.807) is 0 Å². The Bertz CT molecular complexity index is 424. The van der Waals surface area contributed by atoms with Crippen molar-refractivity contribution in [2.75, 3.05) is 19.6 Å². The van der Waals surface area contributed by atoms with Crippen molar-refractivity contribution >= 4 is 15.9 Å². The van der Waals surface area contributed by atoms with Crippen LogP contribution in [0.4, 0.5) is 0 Å². The second kappa shape index (κ2) is 7.57. The number of rotatable bonds is 6. The number of hydrogen-bond donors (Lipinski definition) is 1. The summed E-state index contributed by atoms with van der Waals surface area (Å²) in [6, 6.07) is 0.656. The van der Waals surface area contributed by atoms with Gasteiger partial charge in [0.2, 0.25) is 0 Å². The van der Waals surface area contributed by atoms with Crippen LogP contribution >= 0.6 is 15.9 Å². The number of piperidine rings is 1. The third kappa shape index (κ3) is 4.06. The fourth-order valence-electron chi connectivity index (χ4n) is 3.01. The quantitative estimate of drug-likeness (QED) is 0.862. The van der Waals surface area contributed by atoms with Crippen molar-refractivity contribution in [3.05, 3.63) is 15.9 Å². The molecule has 1 saturated heterocycles. The summed E-state index contributed by atoms with van der Waals surface area (Å²) in [5, 5.41) is 8.15. The maximum absolute atomic E-state index is 4.50. The molecule has 0 spiro atoms. The molecule has 1 aromatic heterocycles. The van der Waals surface area contributed by atoms with Gasteiger partial charge in [-0.25, -0.2) is 0 Å². The van der Waals surface area contributed by atoms with E-state index in [0.717, 1.165) is 29.8 Å². The lowest BCUT2D eigenvalue weighted by molar-refractivity contribution is 0.212. The first-order valence-electron chi connectivity index (χ1n) is 7.75. The molecular weight excluding hydrogens is 316 g/mol. The lowest BCUT2D eigenvalue weighted by Gasteiger charge is -2.30. The van der Waals surface area contributed by atoms with Crippen LogP contribution in [0.1, 0.15) is 44.0 Å². The first-order valence-corrected chi connectivity index (χ1v) is 8.54. The Morgan fingerprint density at radius 2 is 2.25 bits per heavy atom. The van der Waals surface area contributed by atoms with E-state index in [4.69, 9.17) is 0 Å². The van der Waals surface area contributed by atoms with Crippen LogP contribution in [0.3, 0.4) is 0 Å². The molecule has 4 nitrogen and oxygen atoms in total. The summed E-state index contributed by atoms with van der Waals surface area (Å²) in [6.07, 6.45) is 5.20. The summed E-state index contributed by atoms with van der Waals surface area (Å²) >= 11 is 3.68. The molecule has 1 aliphatic heterocycles. The third-order valence-electron chi connectivity index (χ3n) is 4.07. The van der Waals surface area contributed by atoms with Crippen molar-refractivity contribution in [2.24, 2.45) is 7.05 Å². The molecule has 1 unspecified atom stereocenters. The molecule has 2 heterocycles. The van der Waals surface area contributed by atoms with Crippen molar-refractivity contribution in [1.82, 2.24) is 20.0 Å². The Balaban J connectivity index is 2.00. The topological polar surface area (TPSA) is 33.1 Å². The number of aryl methyl sites for hydroxylation is 2. The first-order chi connectivity index (χ1) is 9.61. The monoisotopic (exact) mass is 342 g/mol. The fraction of sp³-hybridized carbons (Fsp3) is 0.800. The van der Waals surface area contributed by atoms with Gasteiger partial charge in [0, 0.05) is 26.2 Å². The normalized spacial score (nSPS) is 19.8. The predicted octanol–water partition coefficient (Wildman–Crippen LogP) is 2.85. The largest absolute Gasteiger partial charge is 0.313 e. The molecule has 20 heavy (non-hydrogen) atoms. The van der Waals surface area contributed by atoms with Crippen molar-refractivity contribution in [3.8, 4) is 0 Å². The van der Waals surface area contributed by atoms with Gasteiger partial charge in [-0.1, -0.05) is 13.3 Å². The van der Waals surface area contributed by atoms with Crippen LogP contribution in [0, 0.1) is 6.92 Å². The molecule has 114 valence electrons. The van der Waals surface area contributed by atoms with Crippen molar-refractivity contribution in [1.29, 1.82) is 0 Å². The van der Waals surface area contributed by atoms with Gasteiger partial charge in [-0.05, 0) is 55.2 Å². The smallest absolute Gasteiger partial charge is 0.0739 e. The molecule has 1 aromatic rings. The highest BCUT2D eigenvalue weighted by Gasteiger charge is 2.19. The molecule has 1 fully saturated rings. The molecule has 5 heteroatoms. The first kappa shape index (κ1) is 16.0. The van der Waals surface area contributed by atoms with E-state index >= 15 is 0 Å². The minimum atomic E-state index is 0.656. The van der Waals surface area contributed by atoms with E-state index in [-0.39, 0.29) is 0 Å². The van der Waals surface area contributed by atoms with E-state index in [0.29, 0.717) is 6.04 Å². The third-order valence-corrected chi connectivity index (χ3v) is 5.10.